The highest BCUT2D eigenvalue weighted by molar-refractivity contribution is 7.15. The van der Waals surface area contributed by atoms with Gasteiger partial charge in [-0.05, 0) is 60.4 Å². The highest BCUT2D eigenvalue weighted by Crippen LogP contribution is 2.62. The number of carbonyl (C=O) groups excluding carboxylic acids is 2. The molecule has 1 aromatic carbocycles. The van der Waals surface area contributed by atoms with E-state index in [9.17, 15) is 28.6 Å². The number of rotatable bonds is 7. The Morgan fingerprint density at radius 2 is 1.97 bits per heavy atom. The number of carbonyl (C=O) groups is 2. The van der Waals surface area contributed by atoms with Gasteiger partial charge in [0.2, 0.25) is 5.91 Å². The fraction of sp³-hybridized carbons (Fsp3) is 0.464. The lowest BCUT2D eigenvalue weighted by Gasteiger charge is -2.58. The lowest BCUT2D eigenvalue weighted by atomic mass is 9.47. The average molecular weight is 560 g/mol. The standard InChI is InChI=1S/C28H31F2N3O5S/c1-27-6-5-22(35)28(2,14-34)21(27)12-20-24(32-26(39-20)33-25(37)19-4-3-7-38-19)18(27)11-23(36)31-13-15-8-16(29)10-17(30)9-15/h3-4,7-10,18,21-22,34-35H,5-6,11-14H2,1-2H3,(H,31,36)(H,32,33,37). The minimum atomic E-state index is -0.792. The third-order valence-electron chi connectivity index (χ3n) is 8.66. The SMILES string of the molecule is CC1(CO)C(O)CCC2(C)C(CC(=O)NCc3cc(F)cc(F)c3)c3nc(NC(=O)c4ccco4)sc3CC12. The van der Waals surface area contributed by atoms with Crippen LogP contribution in [0.4, 0.5) is 13.9 Å². The first-order chi connectivity index (χ1) is 18.5. The molecular weight excluding hydrogens is 528 g/mol. The Balaban J connectivity index is 1.44. The zero-order valence-corrected chi connectivity index (χ0v) is 22.5. The molecule has 2 aromatic heterocycles. The summed E-state index contributed by atoms with van der Waals surface area (Å²) in [5.41, 5.74) is -0.265. The van der Waals surface area contributed by atoms with Gasteiger partial charge in [0, 0.05) is 35.2 Å². The monoisotopic (exact) mass is 559 g/mol. The van der Waals surface area contributed by atoms with Gasteiger partial charge in [-0.2, -0.15) is 0 Å². The fourth-order valence-electron chi connectivity index (χ4n) is 6.44. The van der Waals surface area contributed by atoms with Crippen LogP contribution in [0.5, 0.6) is 0 Å². The summed E-state index contributed by atoms with van der Waals surface area (Å²) in [7, 11) is 0. The number of fused-ring (bicyclic) bond motifs is 2. The smallest absolute Gasteiger partial charge is 0.293 e. The van der Waals surface area contributed by atoms with Gasteiger partial charge in [0.1, 0.15) is 11.6 Å². The minimum Gasteiger partial charge on any atom is -0.459 e. The molecule has 2 aliphatic carbocycles. The summed E-state index contributed by atoms with van der Waals surface area (Å²) >= 11 is 1.31. The largest absolute Gasteiger partial charge is 0.459 e. The summed E-state index contributed by atoms with van der Waals surface area (Å²) in [6, 6.07) is 6.27. The van der Waals surface area contributed by atoms with Crippen molar-refractivity contribution in [1.29, 1.82) is 0 Å². The molecule has 2 aliphatic rings. The van der Waals surface area contributed by atoms with E-state index in [1.807, 2.05) is 6.92 Å². The van der Waals surface area contributed by atoms with Crippen molar-refractivity contribution < 1.29 is 33.0 Å². The Labute approximate surface area is 228 Å². The van der Waals surface area contributed by atoms with E-state index in [1.165, 1.54) is 29.7 Å². The number of amides is 2. The molecule has 5 rings (SSSR count). The summed E-state index contributed by atoms with van der Waals surface area (Å²) in [4.78, 5) is 31.4. The number of aliphatic hydroxyl groups excluding tert-OH is 2. The van der Waals surface area contributed by atoms with E-state index in [-0.39, 0.29) is 43.1 Å². The number of hydrogen-bond acceptors (Lipinski definition) is 7. The van der Waals surface area contributed by atoms with Gasteiger partial charge in [0.05, 0.1) is 24.7 Å². The number of nitrogens with one attached hydrogen (secondary N) is 2. The van der Waals surface area contributed by atoms with Crippen molar-refractivity contribution in [2.45, 2.75) is 58.1 Å². The summed E-state index contributed by atoms with van der Waals surface area (Å²) in [5, 5.41) is 27.2. The molecule has 0 bridgehead atoms. The third-order valence-corrected chi connectivity index (χ3v) is 9.67. The van der Waals surface area contributed by atoms with Crippen LogP contribution in [0.2, 0.25) is 0 Å². The molecule has 0 spiro atoms. The highest BCUT2D eigenvalue weighted by Gasteiger charge is 2.59. The molecule has 5 atom stereocenters. The van der Waals surface area contributed by atoms with E-state index < -0.39 is 34.5 Å². The molecule has 11 heteroatoms. The number of anilines is 1. The van der Waals surface area contributed by atoms with E-state index in [2.05, 4.69) is 17.6 Å². The minimum absolute atomic E-state index is 0.0399. The molecule has 3 aromatic rings. The van der Waals surface area contributed by atoms with E-state index in [0.29, 0.717) is 35.7 Å². The molecule has 5 unspecified atom stereocenters. The quantitative estimate of drug-likeness (QED) is 0.340. The normalized spacial score (nSPS) is 27.9. The maximum Gasteiger partial charge on any atom is 0.293 e. The Hall–Kier alpha value is -3.15. The first kappa shape index (κ1) is 27.4. The molecule has 4 N–H and O–H groups in total. The van der Waals surface area contributed by atoms with Gasteiger partial charge in [0.15, 0.2) is 10.9 Å². The zero-order chi connectivity index (χ0) is 27.9. The van der Waals surface area contributed by atoms with Crippen LogP contribution in [0.15, 0.2) is 41.0 Å². The number of halogens is 2. The predicted octanol–water partition coefficient (Wildman–Crippen LogP) is 4.39. The van der Waals surface area contributed by atoms with Gasteiger partial charge < -0.3 is 19.9 Å². The van der Waals surface area contributed by atoms with Crippen molar-refractivity contribution in [2.24, 2.45) is 16.7 Å². The van der Waals surface area contributed by atoms with Crippen LogP contribution in [0.3, 0.4) is 0 Å². The van der Waals surface area contributed by atoms with Crippen LogP contribution >= 0.6 is 11.3 Å². The molecule has 1 saturated carbocycles. The van der Waals surface area contributed by atoms with Gasteiger partial charge in [-0.1, -0.05) is 13.8 Å². The average Bonchev–Trinajstić information content (AvgIpc) is 3.56. The number of nitrogens with zero attached hydrogens (tertiary/aromatic N) is 1. The van der Waals surface area contributed by atoms with Crippen molar-refractivity contribution in [3.05, 3.63) is 70.1 Å². The Bertz CT molecular complexity index is 1360. The number of hydrogen-bond donors (Lipinski definition) is 4. The number of aromatic nitrogens is 1. The zero-order valence-electron chi connectivity index (χ0n) is 21.7. The molecular formula is C28H31F2N3O5S. The van der Waals surface area contributed by atoms with Crippen molar-refractivity contribution in [2.75, 3.05) is 11.9 Å². The second kappa shape index (κ2) is 10.4. The lowest BCUT2D eigenvalue weighted by Crippen LogP contribution is -2.57. The van der Waals surface area contributed by atoms with Gasteiger partial charge in [0.25, 0.3) is 5.91 Å². The van der Waals surface area contributed by atoms with Crippen LogP contribution in [0.25, 0.3) is 0 Å². The molecule has 8 nitrogen and oxygen atoms in total. The van der Waals surface area contributed by atoms with Crippen LogP contribution < -0.4 is 10.6 Å². The molecule has 0 saturated heterocycles. The topological polar surface area (TPSA) is 125 Å². The Morgan fingerprint density at radius 1 is 1.23 bits per heavy atom. The molecule has 2 heterocycles. The van der Waals surface area contributed by atoms with Crippen LogP contribution in [-0.2, 0) is 17.8 Å². The first-order valence-corrected chi connectivity index (χ1v) is 13.7. The van der Waals surface area contributed by atoms with Gasteiger partial charge >= 0.3 is 0 Å². The predicted molar refractivity (Wildman–Crippen MR) is 140 cm³/mol. The molecule has 1 fully saturated rings. The second-order valence-corrected chi connectivity index (χ2v) is 12.1. The first-order valence-electron chi connectivity index (χ1n) is 12.9. The van der Waals surface area contributed by atoms with Gasteiger partial charge in [-0.3, -0.25) is 14.9 Å². The molecule has 208 valence electrons. The number of furan rings is 1. The maximum absolute atomic E-state index is 13.6. The van der Waals surface area contributed by atoms with Gasteiger partial charge in [-0.25, -0.2) is 13.8 Å². The van der Waals surface area contributed by atoms with E-state index in [0.717, 1.165) is 10.9 Å². The molecule has 39 heavy (non-hydrogen) atoms. The number of aliphatic hydroxyl groups is 2. The Kier molecular flexibility index (Phi) is 7.34. The van der Waals surface area contributed by atoms with E-state index in [4.69, 9.17) is 9.40 Å². The van der Waals surface area contributed by atoms with Crippen LogP contribution in [0, 0.1) is 28.4 Å². The van der Waals surface area contributed by atoms with Crippen molar-refractivity contribution in [3.8, 4) is 0 Å². The van der Waals surface area contributed by atoms with Crippen molar-refractivity contribution in [3.63, 3.8) is 0 Å². The molecule has 0 radical (unpaired) electrons. The highest BCUT2D eigenvalue weighted by atomic mass is 32.1. The summed E-state index contributed by atoms with van der Waals surface area (Å²) in [6.07, 6.45) is 2.37. The van der Waals surface area contributed by atoms with Crippen molar-refractivity contribution >= 4 is 28.3 Å². The molecule has 0 aliphatic heterocycles. The summed E-state index contributed by atoms with van der Waals surface area (Å²) in [5.74, 6) is -2.59. The lowest BCUT2D eigenvalue weighted by molar-refractivity contribution is -0.144. The maximum atomic E-state index is 13.6. The van der Waals surface area contributed by atoms with E-state index in [1.54, 1.807) is 12.1 Å². The number of benzene rings is 1. The summed E-state index contributed by atoms with van der Waals surface area (Å²) in [6.45, 7) is 3.69. The van der Waals surface area contributed by atoms with Crippen LogP contribution in [0.1, 0.15) is 65.7 Å². The van der Waals surface area contributed by atoms with Crippen LogP contribution in [-0.4, -0.2) is 39.7 Å². The molecule has 2 amide bonds. The number of thiazole rings is 1. The van der Waals surface area contributed by atoms with Gasteiger partial charge in [-0.15, -0.1) is 11.3 Å². The summed E-state index contributed by atoms with van der Waals surface area (Å²) < 4.78 is 32.4. The third kappa shape index (κ3) is 5.10. The fourth-order valence-corrected chi connectivity index (χ4v) is 7.50. The Morgan fingerprint density at radius 3 is 2.64 bits per heavy atom. The second-order valence-electron chi connectivity index (χ2n) is 11.1. The van der Waals surface area contributed by atoms with E-state index >= 15 is 0 Å². The van der Waals surface area contributed by atoms with Crippen molar-refractivity contribution in [1.82, 2.24) is 10.3 Å².